The predicted molar refractivity (Wildman–Crippen MR) is 97.8 cm³/mol. The molecule has 1 aliphatic carbocycles. The Balaban J connectivity index is 1.80. The molecule has 0 amide bonds. The number of thiophene rings is 2. The lowest BCUT2D eigenvalue weighted by Crippen LogP contribution is -2.41. The summed E-state index contributed by atoms with van der Waals surface area (Å²) in [7, 11) is 1.95. The van der Waals surface area contributed by atoms with E-state index in [4.69, 9.17) is 16.3 Å². The second-order valence-electron chi connectivity index (χ2n) is 5.96. The third-order valence-corrected chi connectivity index (χ3v) is 6.78. The van der Waals surface area contributed by atoms with Crippen LogP contribution in [0.25, 0.3) is 0 Å². The van der Waals surface area contributed by atoms with E-state index in [1.807, 2.05) is 18.5 Å². The van der Waals surface area contributed by atoms with Crippen LogP contribution in [0.3, 0.4) is 0 Å². The van der Waals surface area contributed by atoms with Crippen molar-refractivity contribution < 1.29 is 14.6 Å². The summed E-state index contributed by atoms with van der Waals surface area (Å²) in [4.78, 5) is 13.9. The van der Waals surface area contributed by atoms with E-state index >= 15 is 0 Å². The predicted octanol–water partition coefficient (Wildman–Crippen LogP) is 3.77. The Bertz CT molecular complexity index is 680. The number of hydrogen-bond donors (Lipinski definition) is 2. The third-order valence-electron chi connectivity index (χ3n) is 4.46. The Kier molecular flexibility index (Phi) is 5.62. The van der Waals surface area contributed by atoms with Crippen molar-refractivity contribution in [2.75, 3.05) is 7.05 Å². The van der Waals surface area contributed by atoms with Crippen LogP contribution >= 0.6 is 34.3 Å². The molecule has 1 fully saturated rings. The van der Waals surface area contributed by atoms with Gasteiger partial charge < -0.3 is 15.2 Å². The maximum atomic E-state index is 12.9. The number of rotatable bonds is 5. The van der Waals surface area contributed by atoms with Gasteiger partial charge in [0.1, 0.15) is 6.10 Å². The molecule has 0 aliphatic heterocycles. The van der Waals surface area contributed by atoms with E-state index in [9.17, 15) is 9.90 Å². The van der Waals surface area contributed by atoms with Gasteiger partial charge in [0.05, 0.1) is 14.1 Å². The molecule has 0 bridgehead atoms. The molecule has 3 rings (SSSR count). The lowest BCUT2D eigenvalue weighted by atomic mass is 9.92. The van der Waals surface area contributed by atoms with Gasteiger partial charge in [-0.3, -0.25) is 0 Å². The highest BCUT2D eigenvalue weighted by molar-refractivity contribution is 7.16. The fourth-order valence-corrected chi connectivity index (χ4v) is 5.05. The van der Waals surface area contributed by atoms with Crippen LogP contribution < -0.4 is 5.32 Å². The Morgan fingerprint density at radius 3 is 2.58 bits per heavy atom. The van der Waals surface area contributed by atoms with Gasteiger partial charge in [0, 0.05) is 6.04 Å². The van der Waals surface area contributed by atoms with E-state index in [1.165, 1.54) is 22.7 Å². The number of nitrogens with one attached hydrogen (secondary N) is 1. The Labute approximate surface area is 154 Å². The van der Waals surface area contributed by atoms with Gasteiger partial charge in [-0.25, -0.2) is 4.79 Å². The molecule has 4 nitrogen and oxygen atoms in total. The van der Waals surface area contributed by atoms with E-state index < -0.39 is 11.6 Å². The zero-order valence-corrected chi connectivity index (χ0v) is 15.7. The molecule has 7 heteroatoms. The normalized spacial score (nSPS) is 23.6. The molecule has 1 aliphatic rings. The highest BCUT2D eigenvalue weighted by atomic mass is 35.5. The topological polar surface area (TPSA) is 58.6 Å². The average molecular weight is 386 g/mol. The molecule has 24 heavy (non-hydrogen) atoms. The summed E-state index contributed by atoms with van der Waals surface area (Å²) in [5, 5.41) is 16.3. The fraction of sp³-hybridized carbons (Fsp3) is 0.471. The van der Waals surface area contributed by atoms with Gasteiger partial charge in [-0.2, -0.15) is 0 Å². The molecular formula is C17H20ClNO3S2. The highest BCUT2D eigenvalue weighted by Gasteiger charge is 2.45. The van der Waals surface area contributed by atoms with E-state index in [0.717, 1.165) is 25.7 Å². The van der Waals surface area contributed by atoms with Crippen molar-refractivity contribution in [1.29, 1.82) is 0 Å². The van der Waals surface area contributed by atoms with Crippen molar-refractivity contribution in [1.82, 2.24) is 5.32 Å². The quantitative estimate of drug-likeness (QED) is 0.769. The van der Waals surface area contributed by atoms with Crippen molar-refractivity contribution in [3.8, 4) is 0 Å². The third kappa shape index (κ3) is 3.53. The lowest BCUT2D eigenvalue weighted by Gasteiger charge is -2.31. The molecule has 0 saturated heterocycles. The zero-order valence-electron chi connectivity index (χ0n) is 13.3. The molecule has 1 saturated carbocycles. The van der Waals surface area contributed by atoms with Gasteiger partial charge in [0.25, 0.3) is 0 Å². The molecule has 2 N–H and O–H groups in total. The summed E-state index contributed by atoms with van der Waals surface area (Å²) >= 11 is 8.54. The molecular weight excluding hydrogens is 366 g/mol. The summed E-state index contributed by atoms with van der Waals surface area (Å²) in [5.41, 5.74) is -1.79. The van der Waals surface area contributed by atoms with Crippen LogP contribution in [0, 0.1) is 0 Å². The minimum Gasteiger partial charge on any atom is -0.460 e. The summed E-state index contributed by atoms with van der Waals surface area (Å²) in [6, 6.07) is 7.41. The van der Waals surface area contributed by atoms with Crippen molar-refractivity contribution >= 4 is 40.2 Å². The number of aliphatic hydroxyl groups is 1. The molecule has 0 unspecified atom stereocenters. The smallest absolute Gasteiger partial charge is 0.349 e. The Hall–Kier alpha value is -0.920. The number of esters is 1. The van der Waals surface area contributed by atoms with Gasteiger partial charge in [-0.15, -0.1) is 22.7 Å². The maximum absolute atomic E-state index is 12.9. The fourth-order valence-electron chi connectivity index (χ4n) is 3.02. The second-order valence-corrected chi connectivity index (χ2v) is 8.62. The number of halogens is 1. The van der Waals surface area contributed by atoms with Gasteiger partial charge in [0.2, 0.25) is 5.60 Å². The second kappa shape index (κ2) is 7.54. The van der Waals surface area contributed by atoms with Crippen LogP contribution in [0.15, 0.2) is 29.6 Å². The van der Waals surface area contributed by atoms with Crippen molar-refractivity contribution in [2.24, 2.45) is 0 Å². The first-order valence-electron chi connectivity index (χ1n) is 7.94. The number of carbonyl (C=O) groups excluding carboxylic acids is 1. The van der Waals surface area contributed by atoms with Gasteiger partial charge in [-0.1, -0.05) is 17.7 Å². The number of hydrogen-bond acceptors (Lipinski definition) is 6. The summed E-state index contributed by atoms with van der Waals surface area (Å²) in [6.45, 7) is 0. The van der Waals surface area contributed by atoms with Crippen LogP contribution in [-0.4, -0.2) is 30.3 Å². The number of carbonyl (C=O) groups is 1. The Morgan fingerprint density at radius 2 is 2.04 bits per heavy atom. The highest BCUT2D eigenvalue weighted by Crippen LogP contribution is 2.40. The molecule has 1 atom stereocenters. The first kappa shape index (κ1) is 17.9. The maximum Gasteiger partial charge on any atom is 0.349 e. The molecule has 0 spiro atoms. The summed E-state index contributed by atoms with van der Waals surface area (Å²) < 4.78 is 6.22. The number of ether oxygens (including phenoxy) is 1. The summed E-state index contributed by atoms with van der Waals surface area (Å²) in [5.74, 6) is -0.614. The molecule has 0 radical (unpaired) electrons. The summed E-state index contributed by atoms with van der Waals surface area (Å²) in [6.07, 6.45) is 3.41. The molecule has 2 heterocycles. The molecule has 2 aromatic rings. The molecule has 2 aromatic heterocycles. The first-order chi connectivity index (χ1) is 11.5. The molecule has 0 aromatic carbocycles. The first-order valence-corrected chi connectivity index (χ1v) is 10.0. The van der Waals surface area contributed by atoms with Crippen LogP contribution in [0.2, 0.25) is 4.34 Å². The van der Waals surface area contributed by atoms with Crippen LogP contribution in [0.1, 0.15) is 35.4 Å². The van der Waals surface area contributed by atoms with Crippen molar-refractivity contribution in [3.05, 3.63) is 43.7 Å². The van der Waals surface area contributed by atoms with Gasteiger partial charge in [-0.05, 0) is 56.3 Å². The largest absolute Gasteiger partial charge is 0.460 e. The Morgan fingerprint density at radius 1 is 1.29 bits per heavy atom. The lowest BCUT2D eigenvalue weighted by molar-refractivity contribution is -0.169. The van der Waals surface area contributed by atoms with E-state index in [1.54, 1.807) is 18.2 Å². The van der Waals surface area contributed by atoms with Crippen LogP contribution in [0.5, 0.6) is 0 Å². The SMILES string of the molecule is CNC1CCC(OC(=O)[C@](O)(c2cccs2)c2ccc(Cl)s2)CC1. The van der Waals surface area contributed by atoms with Crippen molar-refractivity contribution in [2.45, 2.75) is 43.4 Å². The van der Waals surface area contributed by atoms with Gasteiger partial charge >= 0.3 is 5.97 Å². The standard InChI is InChI=1S/C17H20ClNO3S2/c1-19-11-4-6-12(7-5-11)22-16(20)17(21,13-3-2-10-23-13)14-8-9-15(18)24-14/h2-3,8-12,19,21H,4-7H2,1H3/t11?,12?,17-/m0/s1. The van der Waals surface area contributed by atoms with Crippen molar-refractivity contribution in [3.63, 3.8) is 0 Å². The van der Waals surface area contributed by atoms with Gasteiger partial charge in [0.15, 0.2) is 0 Å². The van der Waals surface area contributed by atoms with E-state index in [2.05, 4.69) is 5.32 Å². The average Bonchev–Trinajstić information content (AvgIpc) is 3.26. The van der Waals surface area contributed by atoms with E-state index in [-0.39, 0.29) is 6.10 Å². The van der Waals surface area contributed by atoms with E-state index in [0.29, 0.717) is 20.1 Å². The molecule has 130 valence electrons. The minimum atomic E-state index is -1.79. The van der Waals surface area contributed by atoms with Crippen LogP contribution in [0.4, 0.5) is 0 Å². The monoisotopic (exact) mass is 385 g/mol. The van der Waals surface area contributed by atoms with Crippen LogP contribution in [-0.2, 0) is 15.1 Å². The zero-order chi connectivity index (χ0) is 17.2. The minimum absolute atomic E-state index is 0.149.